The van der Waals surface area contributed by atoms with Gasteiger partial charge in [-0.2, -0.15) is 0 Å². The summed E-state index contributed by atoms with van der Waals surface area (Å²) < 4.78 is 38.8. The molecule has 192 valence electrons. The Bertz CT molecular complexity index is 1540. The molecule has 0 radical (unpaired) electrons. The van der Waals surface area contributed by atoms with Gasteiger partial charge < -0.3 is 9.79 Å². The molecule has 0 aliphatic heterocycles. The smallest absolute Gasteiger partial charge is 0.303 e. The van der Waals surface area contributed by atoms with Crippen LogP contribution in [0, 0.1) is 29.1 Å². The van der Waals surface area contributed by atoms with Gasteiger partial charge in [0.1, 0.15) is 0 Å². The molecular weight excluding hydrogens is 513 g/mol. The molecule has 12 nitrogen and oxygen atoms in total. The fraction of sp³-hybridized carbons (Fsp3) is 0.409. The molecule has 1 aliphatic rings. The van der Waals surface area contributed by atoms with Gasteiger partial charge in [0.25, 0.3) is 11.5 Å². The molecule has 0 bridgehead atoms. The number of hydrogen-bond acceptors (Lipinski definition) is 8. The summed E-state index contributed by atoms with van der Waals surface area (Å²) in [7, 11) is -8.47. The van der Waals surface area contributed by atoms with Crippen LogP contribution in [0.3, 0.4) is 0 Å². The predicted octanol–water partition coefficient (Wildman–Crippen LogP) is 0.340. The molecule has 1 aromatic heterocycles. The summed E-state index contributed by atoms with van der Waals surface area (Å²) in [5.41, 5.74) is 1.20. The predicted molar refractivity (Wildman–Crippen MR) is 128 cm³/mol. The molecule has 1 unspecified atom stereocenters. The lowest BCUT2D eigenvalue weighted by Crippen LogP contribution is -2.50. The number of fused-ring (bicyclic) bond motifs is 1. The third-order valence-electron chi connectivity index (χ3n) is 6.01. The summed E-state index contributed by atoms with van der Waals surface area (Å²) in [5, 5.41) is 9.19. The second-order valence-corrected chi connectivity index (χ2v) is 12.4. The molecule has 14 heteroatoms. The fourth-order valence-electron chi connectivity index (χ4n) is 3.25. The zero-order chi connectivity index (χ0) is 26.8. The highest BCUT2D eigenvalue weighted by Crippen LogP contribution is 2.49. The molecular formula is C22H24N3O9PS. The average molecular weight is 537 g/mol. The topological polar surface area (TPSA) is 185 Å². The highest BCUT2D eigenvalue weighted by Gasteiger charge is 2.44. The van der Waals surface area contributed by atoms with E-state index in [9.17, 15) is 22.6 Å². The van der Waals surface area contributed by atoms with Crippen LogP contribution in [-0.4, -0.2) is 56.5 Å². The molecule has 4 N–H and O–H groups in total. The number of hydrogen-bond donors (Lipinski definition) is 4. The average Bonchev–Trinajstić information content (AvgIpc) is 3.58. The summed E-state index contributed by atoms with van der Waals surface area (Å²) in [4.78, 5) is 46.7. The number of aromatic nitrogens is 2. The van der Waals surface area contributed by atoms with Crippen molar-refractivity contribution >= 4 is 34.5 Å². The Labute approximate surface area is 206 Å². The van der Waals surface area contributed by atoms with Crippen molar-refractivity contribution in [2.45, 2.75) is 37.5 Å². The molecule has 2 aromatic rings. The van der Waals surface area contributed by atoms with Crippen molar-refractivity contribution in [2.24, 2.45) is 5.41 Å². The standard InChI is InChI=1S/C22H24N3O9PS/c1-21(20(27)24-28,36(2,32)33)11-12-25-15-23-18-13-16(6-7-17(18)19(25)26)5-3-4-8-22(9-10-22)14-34-35(29,30)31/h6-7,13,15,28H,9-12,14H2,1-2H3,(H,24,27)(H2,29,30,31). The van der Waals surface area contributed by atoms with E-state index in [1.165, 1.54) is 22.4 Å². The summed E-state index contributed by atoms with van der Waals surface area (Å²) >= 11 is 0. The van der Waals surface area contributed by atoms with Crippen LogP contribution in [0.25, 0.3) is 10.9 Å². The van der Waals surface area contributed by atoms with Crippen LogP contribution in [0.2, 0.25) is 0 Å². The van der Waals surface area contributed by atoms with Crippen molar-refractivity contribution < 1.29 is 37.3 Å². The Hall–Kier alpha value is -3.03. The first-order chi connectivity index (χ1) is 16.7. The van der Waals surface area contributed by atoms with Crippen LogP contribution in [0.5, 0.6) is 0 Å². The summed E-state index contributed by atoms with van der Waals surface area (Å²) in [6, 6.07) is 4.69. The molecule has 1 fully saturated rings. The van der Waals surface area contributed by atoms with Gasteiger partial charge in [0.2, 0.25) is 0 Å². The number of phosphoric acid groups is 1. The van der Waals surface area contributed by atoms with E-state index in [-0.39, 0.29) is 25.0 Å². The van der Waals surface area contributed by atoms with Crippen LogP contribution in [0.1, 0.15) is 31.7 Å². The first-order valence-electron chi connectivity index (χ1n) is 10.6. The number of sulfone groups is 1. The van der Waals surface area contributed by atoms with Gasteiger partial charge in [0, 0.05) is 18.4 Å². The summed E-state index contributed by atoms with van der Waals surface area (Å²) in [6.45, 7) is 0.854. The van der Waals surface area contributed by atoms with E-state index in [1.54, 1.807) is 12.1 Å². The normalized spacial score (nSPS) is 16.1. The number of benzene rings is 1. The Morgan fingerprint density at radius 1 is 1.33 bits per heavy atom. The van der Waals surface area contributed by atoms with Crippen LogP contribution in [0.15, 0.2) is 29.3 Å². The van der Waals surface area contributed by atoms with E-state index >= 15 is 0 Å². The van der Waals surface area contributed by atoms with Gasteiger partial charge in [-0.15, -0.1) is 0 Å². The lowest BCUT2D eigenvalue weighted by atomic mass is 10.1. The summed E-state index contributed by atoms with van der Waals surface area (Å²) in [6.07, 6.45) is 3.15. The Morgan fingerprint density at radius 3 is 2.61 bits per heavy atom. The Morgan fingerprint density at radius 2 is 2.03 bits per heavy atom. The molecule has 0 saturated heterocycles. The molecule has 1 heterocycles. The maximum absolute atomic E-state index is 12.9. The monoisotopic (exact) mass is 537 g/mol. The van der Waals surface area contributed by atoms with Gasteiger partial charge >= 0.3 is 7.82 Å². The quantitative estimate of drug-likeness (QED) is 0.158. The number of nitrogens with zero attached hydrogens (tertiary/aromatic N) is 2. The van der Waals surface area contributed by atoms with Crippen LogP contribution < -0.4 is 11.0 Å². The molecule has 1 saturated carbocycles. The Kier molecular flexibility index (Phi) is 7.77. The number of aryl methyl sites for hydroxylation is 1. The maximum Gasteiger partial charge on any atom is 0.469 e. The number of nitrogens with one attached hydrogen (secondary N) is 1. The molecule has 1 amide bonds. The third-order valence-corrected chi connectivity index (χ3v) is 8.51. The zero-order valence-corrected chi connectivity index (χ0v) is 21.1. The van der Waals surface area contributed by atoms with E-state index in [1.807, 2.05) is 0 Å². The minimum Gasteiger partial charge on any atom is -0.303 e. The minimum atomic E-state index is -4.56. The van der Waals surface area contributed by atoms with Gasteiger partial charge in [-0.05, 0) is 56.2 Å². The van der Waals surface area contributed by atoms with Crippen molar-refractivity contribution in [3.8, 4) is 23.7 Å². The Balaban J connectivity index is 1.77. The highest BCUT2D eigenvalue weighted by molar-refractivity contribution is 7.92. The number of amides is 1. The van der Waals surface area contributed by atoms with Crippen LogP contribution in [-0.2, 0) is 30.3 Å². The SMILES string of the molecule is CC(CCn1cnc2cc(C#CC#CC3(COP(=O)(O)O)CC3)ccc2c1=O)(C(=O)NO)S(C)(=O)=O. The van der Waals surface area contributed by atoms with Crippen molar-refractivity contribution in [1.29, 1.82) is 0 Å². The van der Waals surface area contributed by atoms with E-state index in [2.05, 4.69) is 33.2 Å². The number of rotatable bonds is 8. The number of carbonyl (C=O) groups is 1. The number of hydroxylamine groups is 1. The second-order valence-electron chi connectivity index (χ2n) is 8.71. The zero-order valence-electron chi connectivity index (χ0n) is 19.4. The third kappa shape index (κ3) is 6.39. The molecule has 0 spiro atoms. The van der Waals surface area contributed by atoms with Crippen molar-refractivity contribution in [3.05, 3.63) is 40.4 Å². The first-order valence-corrected chi connectivity index (χ1v) is 14.0. The van der Waals surface area contributed by atoms with E-state index in [4.69, 9.17) is 15.0 Å². The number of phosphoric ester groups is 1. The lowest BCUT2D eigenvalue weighted by molar-refractivity contribution is -0.131. The van der Waals surface area contributed by atoms with Gasteiger partial charge in [-0.3, -0.25) is 23.9 Å². The maximum atomic E-state index is 12.9. The minimum absolute atomic E-state index is 0.136. The molecule has 1 aliphatic carbocycles. The summed E-state index contributed by atoms with van der Waals surface area (Å²) in [5.74, 6) is 9.93. The largest absolute Gasteiger partial charge is 0.469 e. The molecule has 1 aromatic carbocycles. The van der Waals surface area contributed by atoms with Crippen LogP contribution in [0.4, 0.5) is 0 Å². The van der Waals surface area contributed by atoms with Gasteiger partial charge in [0.15, 0.2) is 14.6 Å². The number of carbonyl (C=O) groups excluding carboxylic acids is 1. The van der Waals surface area contributed by atoms with Gasteiger partial charge in [-0.25, -0.2) is 23.4 Å². The van der Waals surface area contributed by atoms with Crippen molar-refractivity contribution in [1.82, 2.24) is 15.0 Å². The van der Waals surface area contributed by atoms with Crippen molar-refractivity contribution in [3.63, 3.8) is 0 Å². The fourth-order valence-corrected chi connectivity index (χ4v) is 4.51. The van der Waals surface area contributed by atoms with E-state index in [0.717, 1.165) is 13.2 Å². The van der Waals surface area contributed by atoms with Crippen LogP contribution >= 0.6 is 7.82 Å². The van der Waals surface area contributed by atoms with E-state index < -0.39 is 39.3 Å². The van der Waals surface area contributed by atoms with Gasteiger partial charge in [-0.1, -0.05) is 11.8 Å². The second kappa shape index (κ2) is 10.1. The lowest BCUT2D eigenvalue weighted by Gasteiger charge is -2.25. The molecule has 1 atom stereocenters. The highest BCUT2D eigenvalue weighted by atomic mass is 32.2. The molecule has 36 heavy (non-hydrogen) atoms. The van der Waals surface area contributed by atoms with Gasteiger partial charge in [0.05, 0.1) is 29.3 Å². The molecule has 3 rings (SSSR count). The first kappa shape index (κ1) is 27.6. The van der Waals surface area contributed by atoms with Crippen molar-refractivity contribution in [2.75, 3.05) is 12.9 Å². The van der Waals surface area contributed by atoms with E-state index in [0.29, 0.717) is 23.9 Å².